The maximum absolute atomic E-state index is 11.3. The summed E-state index contributed by atoms with van der Waals surface area (Å²) in [5.74, 6) is 0.114. The average Bonchev–Trinajstić information content (AvgIpc) is 2.67. The number of hydrogen-bond acceptors (Lipinski definition) is 5. The fourth-order valence-electron chi connectivity index (χ4n) is 3.32. The van der Waals surface area contributed by atoms with Gasteiger partial charge in [0.15, 0.2) is 0 Å². The molecule has 3 N–H and O–H groups in total. The molecule has 0 bridgehead atoms. The molecule has 142 valence electrons. The summed E-state index contributed by atoms with van der Waals surface area (Å²) in [5, 5.41) is 29.9. The number of phenolic OH excluding ortho intramolecular Hbond substituents is 3. The maximum atomic E-state index is 11.3. The predicted molar refractivity (Wildman–Crippen MR) is 105 cm³/mol. The van der Waals surface area contributed by atoms with E-state index < -0.39 is 0 Å². The second-order valence-corrected chi connectivity index (χ2v) is 6.79. The highest BCUT2D eigenvalue weighted by molar-refractivity contribution is 5.79. The van der Waals surface area contributed by atoms with Crippen LogP contribution in [0.2, 0.25) is 0 Å². The predicted octanol–water partition coefficient (Wildman–Crippen LogP) is 3.92. The number of carbonyl (C=O) groups is 2. The Bertz CT molecular complexity index is 972. The number of hydrogen-bond donors (Lipinski definition) is 3. The molecule has 3 aromatic rings. The topological polar surface area (TPSA) is 94.8 Å². The number of carbonyl (C=O) groups excluding carboxylic acids is 2. The van der Waals surface area contributed by atoms with Gasteiger partial charge in [-0.3, -0.25) is 9.59 Å². The number of benzene rings is 3. The third kappa shape index (κ3) is 4.04. The van der Waals surface area contributed by atoms with Crippen LogP contribution in [0.4, 0.5) is 0 Å². The SMILES string of the molecule is Cc1cc(Cc2ccc(O)cc2C=O)c(O)c(Cc2ccc(O)cc2C=O)c1. The molecule has 0 saturated heterocycles. The molecule has 0 saturated carbocycles. The summed E-state index contributed by atoms with van der Waals surface area (Å²) in [6.07, 6.45) is 2.00. The summed E-state index contributed by atoms with van der Waals surface area (Å²) >= 11 is 0. The maximum Gasteiger partial charge on any atom is 0.150 e. The second-order valence-electron chi connectivity index (χ2n) is 6.79. The van der Waals surface area contributed by atoms with Crippen LogP contribution in [-0.4, -0.2) is 27.9 Å². The highest BCUT2D eigenvalue weighted by atomic mass is 16.3. The standard InChI is InChI=1S/C23H20O5/c1-14-6-17(8-15-2-4-21(26)10-19(15)12-24)23(28)18(7-14)9-16-3-5-22(27)11-20(16)13-25/h2-7,10-13,26-28H,8-9H2,1H3. The Kier molecular flexibility index (Phi) is 5.45. The van der Waals surface area contributed by atoms with Crippen molar-refractivity contribution < 1.29 is 24.9 Å². The molecule has 0 amide bonds. The minimum atomic E-state index is 0.00808. The van der Waals surface area contributed by atoms with Crippen LogP contribution in [0.3, 0.4) is 0 Å². The summed E-state index contributed by atoms with van der Waals surface area (Å²) in [7, 11) is 0. The number of aromatic hydroxyl groups is 3. The van der Waals surface area contributed by atoms with Gasteiger partial charge in [0.05, 0.1) is 0 Å². The zero-order valence-corrected chi connectivity index (χ0v) is 15.3. The molecule has 5 nitrogen and oxygen atoms in total. The van der Waals surface area contributed by atoms with E-state index in [1.807, 2.05) is 19.1 Å². The molecule has 0 atom stereocenters. The van der Waals surface area contributed by atoms with E-state index in [2.05, 4.69) is 0 Å². The minimum Gasteiger partial charge on any atom is -0.508 e. The average molecular weight is 376 g/mol. The molecule has 0 unspecified atom stereocenters. The molecule has 0 aromatic heterocycles. The molecule has 0 spiro atoms. The Hall–Kier alpha value is -3.60. The molecule has 0 radical (unpaired) electrons. The Morgan fingerprint density at radius 1 is 0.679 bits per heavy atom. The molecule has 3 aromatic carbocycles. The van der Waals surface area contributed by atoms with E-state index in [4.69, 9.17) is 0 Å². The van der Waals surface area contributed by atoms with Gasteiger partial charge in [0, 0.05) is 24.0 Å². The summed E-state index contributed by atoms with van der Waals surface area (Å²) in [4.78, 5) is 22.6. The van der Waals surface area contributed by atoms with E-state index in [-0.39, 0.29) is 17.2 Å². The van der Waals surface area contributed by atoms with Crippen LogP contribution in [0.15, 0.2) is 48.5 Å². The molecule has 0 aliphatic carbocycles. The fraction of sp³-hybridized carbons (Fsp3) is 0.130. The highest BCUT2D eigenvalue weighted by Crippen LogP contribution is 2.31. The monoisotopic (exact) mass is 376 g/mol. The van der Waals surface area contributed by atoms with Crippen LogP contribution in [-0.2, 0) is 12.8 Å². The largest absolute Gasteiger partial charge is 0.508 e. The van der Waals surface area contributed by atoms with Gasteiger partial charge in [-0.1, -0.05) is 29.8 Å². The van der Waals surface area contributed by atoms with Crippen LogP contribution in [0.25, 0.3) is 0 Å². The minimum absolute atomic E-state index is 0.00808. The van der Waals surface area contributed by atoms with Crippen molar-refractivity contribution in [1.29, 1.82) is 0 Å². The lowest BCUT2D eigenvalue weighted by Gasteiger charge is -2.14. The van der Waals surface area contributed by atoms with Gasteiger partial charge in [0.25, 0.3) is 0 Å². The van der Waals surface area contributed by atoms with Gasteiger partial charge in [0.1, 0.15) is 29.8 Å². The van der Waals surface area contributed by atoms with Crippen LogP contribution < -0.4 is 0 Å². The molecule has 5 heteroatoms. The molecular formula is C23H20O5. The van der Waals surface area contributed by atoms with Gasteiger partial charge < -0.3 is 15.3 Å². The Balaban J connectivity index is 1.99. The molecule has 0 heterocycles. The van der Waals surface area contributed by atoms with Crippen LogP contribution in [0, 0.1) is 6.92 Å². The van der Waals surface area contributed by atoms with Crippen LogP contribution >= 0.6 is 0 Å². The lowest BCUT2D eigenvalue weighted by Crippen LogP contribution is -2.00. The lowest BCUT2D eigenvalue weighted by molar-refractivity contribution is 0.111. The quantitative estimate of drug-likeness (QED) is 0.567. The van der Waals surface area contributed by atoms with Gasteiger partial charge in [0.2, 0.25) is 0 Å². The van der Waals surface area contributed by atoms with Crippen LogP contribution in [0.1, 0.15) is 48.5 Å². The van der Waals surface area contributed by atoms with E-state index in [1.165, 1.54) is 24.3 Å². The summed E-state index contributed by atoms with van der Waals surface area (Å²) in [6, 6.07) is 12.8. The summed E-state index contributed by atoms with van der Waals surface area (Å²) in [6.45, 7) is 1.90. The van der Waals surface area contributed by atoms with Crippen molar-refractivity contribution in [3.8, 4) is 17.2 Å². The number of aryl methyl sites for hydroxylation is 1. The van der Waals surface area contributed by atoms with Gasteiger partial charge in [-0.25, -0.2) is 0 Å². The Morgan fingerprint density at radius 3 is 1.50 bits per heavy atom. The molecule has 3 rings (SSSR count). The molecule has 28 heavy (non-hydrogen) atoms. The van der Waals surface area contributed by atoms with Crippen molar-refractivity contribution in [3.05, 3.63) is 87.5 Å². The molecule has 0 fully saturated rings. The molecule has 0 aliphatic rings. The zero-order valence-electron chi connectivity index (χ0n) is 15.3. The number of rotatable bonds is 6. The first-order valence-electron chi connectivity index (χ1n) is 8.76. The van der Waals surface area contributed by atoms with Gasteiger partial charge in [-0.15, -0.1) is 0 Å². The van der Waals surface area contributed by atoms with Gasteiger partial charge in [-0.05, 0) is 53.4 Å². The highest BCUT2D eigenvalue weighted by Gasteiger charge is 2.14. The first-order valence-corrected chi connectivity index (χ1v) is 8.76. The lowest BCUT2D eigenvalue weighted by atomic mass is 9.93. The van der Waals surface area contributed by atoms with Gasteiger partial charge in [-0.2, -0.15) is 0 Å². The Labute approximate surface area is 162 Å². The van der Waals surface area contributed by atoms with Gasteiger partial charge >= 0.3 is 0 Å². The van der Waals surface area contributed by atoms with E-state index in [0.29, 0.717) is 58.8 Å². The van der Waals surface area contributed by atoms with E-state index in [9.17, 15) is 24.9 Å². The first-order chi connectivity index (χ1) is 13.4. The smallest absolute Gasteiger partial charge is 0.150 e. The summed E-state index contributed by atoms with van der Waals surface area (Å²) < 4.78 is 0. The third-order valence-corrected chi connectivity index (χ3v) is 4.69. The summed E-state index contributed by atoms with van der Waals surface area (Å²) in [5.41, 5.74) is 4.34. The van der Waals surface area contributed by atoms with E-state index in [1.54, 1.807) is 12.1 Å². The normalized spacial score (nSPS) is 10.6. The van der Waals surface area contributed by atoms with Crippen molar-refractivity contribution in [2.45, 2.75) is 19.8 Å². The molecule has 0 aliphatic heterocycles. The number of aldehydes is 2. The third-order valence-electron chi connectivity index (χ3n) is 4.69. The van der Waals surface area contributed by atoms with Crippen molar-refractivity contribution in [2.75, 3.05) is 0 Å². The fourth-order valence-corrected chi connectivity index (χ4v) is 3.32. The number of phenols is 3. The Morgan fingerprint density at radius 2 is 1.11 bits per heavy atom. The van der Waals surface area contributed by atoms with E-state index >= 15 is 0 Å². The van der Waals surface area contributed by atoms with Crippen molar-refractivity contribution in [1.82, 2.24) is 0 Å². The first kappa shape index (κ1) is 19.2. The zero-order chi connectivity index (χ0) is 20.3. The van der Waals surface area contributed by atoms with E-state index in [0.717, 1.165) is 5.56 Å². The van der Waals surface area contributed by atoms with Crippen molar-refractivity contribution in [3.63, 3.8) is 0 Å². The van der Waals surface area contributed by atoms with Crippen molar-refractivity contribution >= 4 is 12.6 Å². The molecular weight excluding hydrogens is 356 g/mol. The second kappa shape index (κ2) is 7.96. The van der Waals surface area contributed by atoms with Crippen molar-refractivity contribution in [2.24, 2.45) is 0 Å². The van der Waals surface area contributed by atoms with Crippen LogP contribution in [0.5, 0.6) is 17.2 Å².